The summed E-state index contributed by atoms with van der Waals surface area (Å²) >= 11 is 1.35. The average molecular weight is 425 g/mol. The number of thioether (sulfide) groups is 1. The van der Waals surface area contributed by atoms with Crippen LogP contribution in [0.25, 0.3) is 0 Å². The molecule has 0 amide bonds. The number of hydrogen-bond acceptors (Lipinski definition) is 6. The van der Waals surface area contributed by atoms with E-state index in [1.165, 1.54) is 17.8 Å². The van der Waals surface area contributed by atoms with Crippen LogP contribution in [-0.4, -0.2) is 27.7 Å². The van der Waals surface area contributed by atoms with Gasteiger partial charge in [0, 0.05) is 17.0 Å². The van der Waals surface area contributed by atoms with E-state index < -0.39 is 6.04 Å². The Kier molecular flexibility index (Phi) is 5.59. The van der Waals surface area contributed by atoms with Crippen molar-refractivity contribution in [3.8, 4) is 5.75 Å². The van der Waals surface area contributed by atoms with E-state index in [4.69, 9.17) is 4.74 Å². The van der Waals surface area contributed by atoms with Gasteiger partial charge < -0.3 is 10.1 Å². The fraction of sp³-hybridized carbons (Fsp3) is 0.227. The number of hydrogen-bond donors (Lipinski definition) is 1. The minimum atomic E-state index is -0.427. The van der Waals surface area contributed by atoms with Gasteiger partial charge in [0.05, 0.1) is 7.11 Å². The van der Waals surface area contributed by atoms with Crippen LogP contribution in [0.2, 0.25) is 0 Å². The Hall–Kier alpha value is -3.13. The third kappa shape index (κ3) is 3.82. The van der Waals surface area contributed by atoms with E-state index in [1.807, 2.05) is 31.2 Å². The van der Waals surface area contributed by atoms with Crippen molar-refractivity contribution in [3.05, 3.63) is 76.7 Å². The van der Waals surface area contributed by atoms with E-state index in [0.29, 0.717) is 33.7 Å². The average Bonchev–Trinajstić information content (AvgIpc) is 3.14. The van der Waals surface area contributed by atoms with E-state index in [-0.39, 0.29) is 11.6 Å². The van der Waals surface area contributed by atoms with Gasteiger partial charge >= 0.3 is 0 Å². The van der Waals surface area contributed by atoms with E-state index in [1.54, 1.807) is 36.9 Å². The molecule has 0 bridgehead atoms. The second kappa shape index (κ2) is 8.31. The molecule has 1 aliphatic heterocycles. The fourth-order valence-electron chi connectivity index (χ4n) is 3.53. The zero-order valence-corrected chi connectivity index (χ0v) is 17.7. The number of fused-ring (bicyclic) bond motifs is 1. The number of nitrogens with one attached hydrogen (secondary N) is 1. The smallest absolute Gasteiger partial charge is 0.227 e. The van der Waals surface area contributed by atoms with Gasteiger partial charge in [-0.15, -0.1) is 5.10 Å². The Labute approximate surface area is 178 Å². The molecular formula is C22H21FN4O2S. The van der Waals surface area contributed by atoms with Gasteiger partial charge in [-0.1, -0.05) is 42.1 Å². The number of allylic oxidation sites excluding steroid dienone is 2. The minimum absolute atomic E-state index is 0.0467. The molecule has 0 saturated carbocycles. The van der Waals surface area contributed by atoms with E-state index in [0.717, 1.165) is 11.3 Å². The van der Waals surface area contributed by atoms with Crippen LogP contribution in [0.3, 0.4) is 0 Å². The van der Waals surface area contributed by atoms with E-state index >= 15 is 0 Å². The lowest BCUT2D eigenvalue weighted by Gasteiger charge is -2.28. The maximum absolute atomic E-state index is 13.9. The molecule has 8 heteroatoms. The first-order valence-electron chi connectivity index (χ1n) is 9.43. The second-order valence-corrected chi connectivity index (χ2v) is 7.88. The fourth-order valence-corrected chi connectivity index (χ4v) is 4.34. The number of aromatic nitrogens is 3. The number of nitrogens with zero attached hydrogens (tertiary/aromatic N) is 3. The number of halogens is 1. The summed E-state index contributed by atoms with van der Waals surface area (Å²) in [6, 6.07) is 13.8. The molecule has 1 aromatic heterocycles. The first-order chi connectivity index (χ1) is 14.5. The number of benzene rings is 2. The maximum Gasteiger partial charge on any atom is 0.227 e. The molecular weight excluding hydrogens is 403 g/mol. The molecule has 1 N–H and O–H groups in total. The van der Waals surface area contributed by atoms with Crippen LogP contribution in [-0.2, 0) is 10.5 Å². The molecule has 0 spiro atoms. The standard InChI is InChI=1S/C22H21FN4O2S/c1-13-19(14(2)28)20(15-8-6-9-17(11-15)29-3)27-21(24-13)25-22(26-27)30-12-16-7-4-5-10-18(16)23/h4-11,20H,12H2,1-3H3,(H,24,25,26). The van der Waals surface area contributed by atoms with Crippen LogP contribution in [0.4, 0.5) is 10.3 Å². The molecule has 3 aromatic rings. The maximum atomic E-state index is 13.9. The highest BCUT2D eigenvalue weighted by molar-refractivity contribution is 7.98. The molecule has 0 fully saturated rings. The van der Waals surface area contributed by atoms with Gasteiger partial charge in [-0.05, 0) is 43.2 Å². The highest BCUT2D eigenvalue weighted by Gasteiger charge is 2.32. The third-order valence-corrected chi connectivity index (χ3v) is 5.82. The van der Waals surface area contributed by atoms with Crippen LogP contribution < -0.4 is 10.1 Å². The highest BCUT2D eigenvalue weighted by Crippen LogP contribution is 2.37. The van der Waals surface area contributed by atoms with Crippen molar-refractivity contribution >= 4 is 23.5 Å². The SMILES string of the molecule is COc1cccc(C2C(C(C)=O)=C(C)Nc3nc(SCc4ccccc4F)nn32)c1. The molecule has 2 aromatic carbocycles. The zero-order chi connectivity index (χ0) is 21.3. The number of methoxy groups -OCH3 is 1. The first kappa shape index (κ1) is 20.2. The van der Waals surface area contributed by atoms with Gasteiger partial charge in [0.1, 0.15) is 17.6 Å². The molecule has 0 saturated heterocycles. The largest absolute Gasteiger partial charge is 0.497 e. The molecule has 0 radical (unpaired) electrons. The van der Waals surface area contributed by atoms with Crippen LogP contribution in [0, 0.1) is 5.82 Å². The van der Waals surface area contributed by atoms with Crippen molar-refractivity contribution in [3.63, 3.8) is 0 Å². The normalized spacial score (nSPS) is 15.5. The van der Waals surface area contributed by atoms with Crippen molar-refractivity contribution in [1.29, 1.82) is 0 Å². The minimum Gasteiger partial charge on any atom is -0.497 e. The summed E-state index contributed by atoms with van der Waals surface area (Å²) in [5, 5.41) is 8.32. The number of carbonyl (C=O) groups is 1. The monoisotopic (exact) mass is 424 g/mol. The van der Waals surface area contributed by atoms with E-state index in [9.17, 15) is 9.18 Å². The summed E-state index contributed by atoms with van der Waals surface area (Å²) in [5.41, 5.74) is 2.82. The number of carbonyl (C=O) groups excluding carboxylic acids is 1. The number of Topliss-reactive ketones (excluding diaryl/α,β-unsaturated/α-hetero) is 1. The molecule has 30 heavy (non-hydrogen) atoms. The van der Waals surface area contributed by atoms with Crippen LogP contribution in [0.5, 0.6) is 5.75 Å². The predicted molar refractivity (Wildman–Crippen MR) is 114 cm³/mol. The quantitative estimate of drug-likeness (QED) is 0.584. The molecule has 1 unspecified atom stereocenters. The van der Waals surface area contributed by atoms with Crippen LogP contribution in [0.1, 0.15) is 31.0 Å². The molecule has 0 aliphatic carbocycles. The molecule has 1 aliphatic rings. The summed E-state index contributed by atoms with van der Waals surface area (Å²) < 4.78 is 21.0. The van der Waals surface area contributed by atoms with Gasteiger partial charge in [-0.2, -0.15) is 4.98 Å². The van der Waals surface area contributed by atoms with Crippen molar-refractivity contribution in [2.75, 3.05) is 12.4 Å². The van der Waals surface area contributed by atoms with Crippen LogP contribution >= 0.6 is 11.8 Å². The van der Waals surface area contributed by atoms with Gasteiger partial charge in [0.25, 0.3) is 0 Å². The Morgan fingerprint density at radius 3 is 2.80 bits per heavy atom. The molecule has 1 atom stereocenters. The lowest BCUT2D eigenvalue weighted by molar-refractivity contribution is -0.114. The summed E-state index contributed by atoms with van der Waals surface area (Å²) in [6.45, 7) is 3.40. The summed E-state index contributed by atoms with van der Waals surface area (Å²) in [4.78, 5) is 17.0. The zero-order valence-electron chi connectivity index (χ0n) is 16.8. The number of anilines is 1. The Morgan fingerprint density at radius 2 is 2.07 bits per heavy atom. The van der Waals surface area contributed by atoms with Crippen molar-refractivity contribution < 1.29 is 13.9 Å². The Morgan fingerprint density at radius 1 is 1.27 bits per heavy atom. The van der Waals surface area contributed by atoms with Gasteiger partial charge in [0.15, 0.2) is 5.78 Å². The molecule has 6 nitrogen and oxygen atoms in total. The molecule has 154 valence electrons. The van der Waals surface area contributed by atoms with Crippen molar-refractivity contribution in [2.24, 2.45) is 0 Å². The first-order valence-corrected chi connectivity index (χ1v) is 10.4. The topological polar surface area (TPSA) is 69.0 Å². The summed E-state index contributed by atoms with van der Waals surface area (Å²) in [6.07, 6.45) is 0. The van der Waals surface area contributed by atoms with Crippen LogP contribution in [0.15, 0.2) is 65.0 Å². The lowest BCUT2D eigenvalue weighted by atomic mass is 9.93. The molecule has 4 rings (SSSR count). The molecule has 2 heterocycles. The van der Waals surface area contributed by atoms with Crippen molar-refractivity contribution in [1.82, 2.24) is 14.8 Å². The number of rotatable bonds is 6. The summed E-state index contributed by atoms with van der Waals surface area (Å²) in [7, 11) is 1.60. The predicted octanol–water partition coefficient (Wildman–Crippen LogP) is 4.60. The second-order valence-electron chi connectivity index (χ2n) is 6.94. The summed E-state index contributed by atoms with van der Waals surface area (Å²) in [5.74, 6) is 1.35. The van der Waals surface area contributed by atoms with Gasteiger partial charge in [0.2, 0.25) is 11.1 Å². The lowest BCUT2D eigenvalue weighted by Crippen LogP contribution is -2.27. The van der Waals surface area contributed by atoms with Gasteiger partial charge in [-0.3, -0.25) is 4.79 Å². The van der Waals surface area contributed by atoms with Crippen molar-refractivity contribution in [2.45, 2.75) is 30.8 Å². The Balaban J connectivity index is 1.71. The number of ether oxygens (including phenoxy) is 1. The Bertz CT molecular complexity index is 1140. The number of ketones is 1. The highest BCUT2D eigenvalue weighted by atomic mass is 32.2. The third-order valence-electron chi connectivity index (χ3n) is 4.94. The van der Waals surface area contributed by atoms with Gasteiger partial charge in [-0.25, -0.2) is 9.07 Å². The van der Waals surface area contributed by atoms with E-state index in [2.05, 4.69) is 15.4 Å².